The molecule has 2 saturated heterocycles. The van der Waals surface area contributed by atoms with Gasteiger partial charge in [0.1, 0.15) is 0 Å². The minimum absolute atomic E-state index is 0.0523. The molecule has 6 heteroatoms. The van der Waals surface area contributed by atoms with Crippen LogP contribution in [-0.4, -0.2) is 84.4 Å². The molecule has 1 N–H and O–H groups in total. The Morgan fingerprint density at radius 1 is 0.971 bits per heavy atom. The van der Waals surface area contributed by atoms with E-state index in [1.807, 2.05) is 41.3 Å². The first kappa shape index (κ1) is 25.9. The summed E-state index contributed by atoms with van der Waals surface area (Å²) >= 11 is 0. The maximum Gasteiger partial charge on any atom is 0.246 e. The summed E-state index contributed by atoms with van der Waals surface area (Å²) < 4.78 is 0. The molecular weight excluding hydrogens is 436 g/mol. The SMILES string of the molecule is CC1CCCCN1CCCNC(=O)C(C1CCCC1)N1CCN(C(=O)/C=C/c2ccccc2)CC1. The monoisotopic (exact) mass is 480 g/mol. The van der Waals surface area contributed by atoms with Crippen molar-refractivity contribution in [2.24, 2.45) is 5.92 Å². The second-order valence-corrected chi connectivity index (χ2v) is 10.6. The summed E-state index contributed by atoms with van der Waals surface area (Å²) in [5.41, 5.74) is 1.03. The molecular formula is C29H44N4O2. The molecule has 4 rings (SSSR count). The lowest BCUT2D eigenvalue weighted by molar-refractivity contribution is -0.132. The quantitative estimate of drug-likeness (QED) is 0.432. The lowest BCUT2D eigenvalue weighted by Gasteiger charge is -2.40. The molecule has 1 aromatic rings. The highest BCUT2D eigenvalue weighted by Crippen LogP contribution is 2.31. The number of benzene rings is 1. The summed E-state index contributed by atoms with van der Waals surface area (Å²) in [6, 6.07) is 10.6. The van der Waals surface area contributed by atoms with Crippen LogP contribution >= 0.6 is 0 Å². The molecule has 35 heavy (non-hydrogen) atoms. The zero-order valence-corrected chi connectivity index (χ0v) is 21.5. The molecule has 2 heterocycles. The Hall–Kier alpha value is -2.18. The van der Waals surface area contributed by atoms with Gasteiger partial charge in [0.05, 0.1) is 6.04 Å². The number of carbonyl (C=O) groups is 2. The van der Waals surface area contributed by atoms with Crippen LogP contribution in [0.2, 0.25) is 0 Å². The molecule has 2 unspecified atom stereocenters. The normalized spacial score (nSPS) is 23.6. The summed E-state index contributed by atoms with van der Waals surface area (Å²) in [6.07, 6.45) is 13.3. The third-order valence-corrected chi connectivity index (χ3v) is 8.21. The number of hydrogen-bond donors (Lipinski definition) is 1. The predicted octanol–water partition coefficient (Wildman–Crippen LogP) is 3.78. The van der Waals surface area contributed by atoms with Gasteiger partial charge in [0.15, 0.2) is 0 Å². The number of piperidine rings is 1. The molecule has 1 aliphatic carbocycles. The second kappa shape index (κ2) is 13.2. The topological polar surface area (TPSA) is 55.9 Å². The number of nitrogens with one attached hydrogen (secondary N) is 1. The fraction of sp³-hybridized carbons (Fsp3) is 0.655. The smallest absolute Gasteiger partial charge is 0.246 e. The van der Waals surface area contributed by atoms with Gasteiger partial charge >= 0.3 is 0 Å². The molecule has 6 nitrogen and oxygen atoms in total. The van der Waals surface area contributed by atoms with Crippen molar-refractivity contribution < 1.29 is 9.59 Å². The van der Waals surface area contributed by atoms with E-state index in [-0.39, 0.29) is 17.9 Å². The molecule has 3 fully saturated rings. The van der Waals surface area contributed by atoms with Crippen molar-refractivity contribution in [3.63, 3.8) is 0 Å². The van der Waals surface area contributed by atoms with E-state index in [0.29, 0.717) is 25.0 Å². The van der Waals surface area contributed by atoms with Crippen molar-refractivity contribution in [3.8, 4) is 0 Å². The Labute approximate surface area is 211 Å². The van der Waals surface area contributed by atoms with Crippen molar-refractivity contribution in [3.05, 3.63) is 42.0 Å². The van der Waals surface area contributed by atoms with Gasteiger partial charge in [0.2, 0.25) is 11.8 Å². The molecule has 0 bridgehead atoms. The number of nitrogens with zero attached hydrogens (tertiary/aromatic N) is 3. The van der Waals surface area contributed by atoms with Gasteiger partial charge in [0, 0.05) is 51.4 Å². The first-order valence-electron chi connectivity index (χ1n) is 13.9. The van der Waals surface area contributed by atoms with Crippen molar-refractivity contribution in [2.45, 2.75) is 70.4 Å². The Bertz CT molecular complexity index is 828. The number of rotatable bonds is 9. The van der Waals surface area contributed by atoms with Gasteiger partial charge in [-0.05, 0) is 63.1 Å². The van der Waals surface area contributed by atoms with Crippen molar-refractivity contribution >= 4 is 17.9 Å². The molecule has 1 saturated carbocycles. The summed E-state index contributed by atoms with van der Waals surface area (Å²) in [5, 5.41) is 3.28. The lowest BCUT2D eigenvalue weighted by atomic mass is 9.95. The van der Waals surface area contributed by atoms with Gasteiger partial charge in [-0.25, -0.2) is 0 Å². The summed E-state index contributed by atoms with van der Waals surface area (Å²) in [7, 11) is 0. The fourth-order valence-corrected chi connectivity index (χ4v) is 6.10. The zero-order valence-electron chi connectivity index (χ0n) is 21.5. The Kier molecular flexibility index (Phi) is 9.78. The van der Waals surface area contributed by atoms with Crippen LogP contribution in [0, 0.1) is 5.92 Å². The molecule has 0 radical (unpaired) electrons. The van der Waals surface area contributed by atoms with Gasteiger partial charge in [-0.15, -0.1) is 0 Å². The van der Waals surface area contributed by atoms with Crippen LogP contribution in [0.25, 0.3) is 6.08 Å². The van der Waals surface area contributed by atoms with Crippen LogP contribution in [0.15, 0.2) is 36.4 Å². The Morgan fingerprint density at radius 3 is 2.40 bits per heavy atom. The number of carbonyl (C=O) groups excluding carboxylic acids is 2. The van der Waals surface area contributed by atoms with Gasteiger partial charge in [-0.1, -0.05) is 49.6 Å². The average Bonchev–Trinajstić information content (AvgIpc) is 3.42. The molecule has 0 aromatic heterocycles. The van der Waals surface area contributed by atoms with Crippen LogP contribution in [-0.2, 0) is 9.59 Å². The van der Waals surface area contributed by atoms with Gasteiger partial charge in [0.25, 0.3) is 0 Å². The predicted molar refractivity (Wildman–Crippen MR) is 142 cm³/mol. The standard InChI is InChI=1S/C29H44N4O2/c1-24-10-7-8-18-31(24)19-9-17-30-29(35)28(26-13-5-6-14-26)33-22-20-32(21-23-33)27(34)16-15-25-11-3-2-4-12-25/h2-4,11-12,15-16,24,26,28H,5-10,13-14,17-23H2,1H3,(H,30,35)/b16-15+. The molecule has 2 aliphatic heterocycles. The van der Waals surface area contributed by atoms with E-state index in [9.17, 15) is 9.59 Å². The molecule has 0 spiro atoms. The van der Waals surface area contributed by atoms with Crippen LogP contribution in [0.4, 0.5) is 0 Å². The Morgan fingerprint density at radius 2 is 1.69 bits per heavy atom. The lowest BCUT2D eigenvalue weighted by Crippen LogP contribution is -2.58. The van der Waals surface area contributed by atoms with Gasteiger partial charge < -0.3 is 15.1 Å². The van der Waals surface area contributed by atoms with E-state index >= 15 is 0 Å². The number of piperazine rings is 1. The van der Waals surface area contributed by atoms with E-state index < -0.39 is 0 Å². The largest absolute Gasteiger partial charge is 0.355 e. The van der Waals surface area contributed by atoms with Crippen molar-refractivity contribution in [2.75, 3.05) is 45.8 Å². The highest BCUT2D eigenvalue weighted by atomic mass is 16.2. The van der Waals surface area contributed by atoms with E-state index in [1.165, 1.54) is 38.6 Å². The van der Waals surface area contributed by atoms with Crippen LogP contribution in [0.3, 0.4) is 0 Å². The maximum atomic E-state index is 13.4. The molecule has 1 aromatic carbocycles. The van der Waals surface area contributed by atoms with Crippen LogP contribution < -0.4 is 5.32 Å². The summed E-state index contributed by atoms with van der Waals surface area (Å²) in [5.74, 6) is 0.701. The maximum absolute atomic E-state index is 13.4. The number of likely N-dealkylation sites (tertiary alicyclic amines) is 1. The van der Waals surface area contributed by atoms with Crippen molar-refractivity contribution in [1.82, 2.24) is 20.0 Å². The number of amides is 2. The van der Waals surface area contributed by atoms with E-state index in [0.717, 1.165) is 51.0 Å². The van der Waals surface area contributed by atoms with Crippen molar-refractivity contribution in [1.29, 1.82) is 0 Å². The minimum atomic E-state index is -0.0523. The van der Waals surface area contributed by atoms with E-state index in [4.69, 9.17) is 0 Å². The molecule has 3 aliphatic rings. The second-order valence-electron chi connectivity index (χ2n) is 10.6. The highest BCUT2D eigenvalue weighted by Gasteiger charge is 2.37. The summed E-state index contributed by atoms with van der Waals surface area (Å²) in [6.45, 7) is 8.26. The Balaban J connectivity index is 1.26. The average molecular weight is 481 g/mol. The minimum Gasteiger partial charge on any atom is -0.355 e. The third-order valence-electron chi connectivity index (χ3n) is 8.21. The first-order valence-corrected chi connectivity index (χ1v) is 13.9. The molecule has 2 amide bonds. The van der Waals surface area contributed by atoms with Gasteiger partial charge in [-0.3, -0.25) is 14.5 Å². The molecule has 2 atom stereocenters. The zero-order chi connectivity index (χ0) is 24.5. The first-order chi connectivity index (χ1) is 17.1. The van der Waals surface area contributed by atoms with E-state index in [2.05, 4.69) is 22.0 Å². The fourth-order valence-electron chi connectivity index (χ4n) is 6.10. The van der Waals surface area contributed by atoms with Crippen LogP contribution in [0.1, 0.15) is 63.9 Å². The summed E-state index contributed by atoms with van der Waals surface area (Å²) in [4.78, 5) is 32.9. The van der Waals surface area contributed by atoms with Crippen LogP contribution in [0.5, 0.6) is 0 Å². The molecule has 192 valence electrons. The van der Waals surface area contributed by atoms with Gasteiger partial charge in [-0.2, -0.15) is 0 Å². The number of hydrogen-bond acceptors (Lipinski definition) is 4. The third kappa shape index (κ3) is 7.40. The van der Waals surface area contributed by atoms with E-state index in [1.54, 1.807) is 6.08 Å². The highest BCUT2D eigenvalue weighted by molar-refractivity contribution is 5.91.